The molecular weight excluding hydrogens is 396 g/mol. The molecule has 9 heteroatoms. The van der Waals surface area contributed by atoms with Gasteiger partial charge in [-0.05, 0) is 42.8 Å². The van der Waals surface area contributed by atoms with E-state index in [0.29, 0.717) is 37.8 Å². The quantitative estimate of drug-likeness (QED) is 0.737. The first-order chi connectivity index (χ1) is 13.9. The zero-order valence-corrected chi connectivity index (χ0v) is 17.2. The standard InChI is InChI=1S/C20H24N2O6S/c1-15-4-3-5-16(12-15)28-14-20(23)21-18-13-17(6-7-19(18)26-2)29(24,25)22-8-10-27-11-9-22/h3-7,12-13H,8-11,14H2,1-2H3,(H,21,23). The van der Waals surface area contributed by atoms with E-state index in [4.69, 9.17) is 14.2 Å². The number of benzene rings is 2. The summed E-state index contributed by atoms with van der Waals surface area (Å²) in [5, 5.41) is 2.67. The minimum absolute atomic E-state index is 0.0788. The molecule has 0 spiro atoms. The Morgan fingerprint density at radius 2 is 1.93 bits per heavy atom. The van der Waals surface area contributed by atoms with Crippen molar-refractivity contribution in [1.29, 1.82) is 0 Å². The highest BCUT2D eigenvalue weighted by molar-refractivity contribution is 7.89. The molecule has 3 rings (SSSR count). The number of nitrogens with zero attached hydrogens (tertiary/aromatic N) is 1. The molecule has 0 bridgehead atoms. The number of ether oxygens (including phenoxy) is 3. The minimum Gasteiger partial charge on any atom is -0.495 e. The van der Waals surface area contributed by atoms with Crippen molar-refractivity contribution in [3.63, 3.8) is 0 Å². The predicted molar refractivity (Wildman–Crippen MR) is 108 cm³/mol. The van der Waals surface area contributed by atoms with Gasteiger partial charge in [-0.15, -0.1) is 0 Å². The van der Waals surface area contributed by atoms with E-state index in [1.807, 2.05) is 25.1 Å². The van der Waals surface area contributed by atoms with Crippen molar-refractivity contribution in [3.05, 3.63) is 48.0 Å². The Bertz CT molecular complexity index is 971. The van der Waals surface area contributed by atoms with Gasteiger partial charge in [-0.3, -0.25) is 4.79 Å². The van der Waals surface area contributed by atoms with Crippen LogP contribution in [0.25, 0.3) is 0 Å². The van der Waals surface area contributed by atoms with E-state index in [9.17, 15) is 13.2 Å². The lowest BCUT2D eigenvalue weighted by molar-refractivity contribution is -0.118. The number of carbonyl (C=O) groups excluding carboxylic acids is 1. The van der Waals surface area contributed by atoms with Crippen LogP contribution in [0.3, 0.4) is 0 Å². The van der Waals surface area contributed by atoms with Crippen LogP contribution in [0.15, 0.2) is 47.4 Å². The van der Waals surface area contributed by atoms with Crippen molar-refractivity contribution < 1.29 is 27.4 Å². The highest BCUT2D eigenvalue weighted by atomic mass is 32.2. The summed E-state index contributed by atoms with van der Waals surface area (Å²) in [7, 11) is -2.24. The molecule has 1 saturated heterocycles. The second-order valence-corrected chi connectivity index (χ2v) is 8.47. The predicted octanol–water partition coefficient (Wildman–Crippen LogP) is 2.04. The topological polar surface area (TPSA) is 94.2 Å². The Balaban J connectivity index is 1.73. The molecule has 0 saturated carbocycles. The summed E-state index contributed by atoms with van der Waals surface area (Å²) in [6.07, 6.45) is 0. The van der Waals surface area contributed by atoms with Gasteiger partial charge in [0.05, 0.1) is 30.9 Å². The molecule has 1 N–H and O–H groups in total. The number of methoxy groups -OCH3 is 1. The van der Waals surface area contributed by atoms with Crippen LogP contribution in [0.1, 0.15) is 5.56 Å². The summed E-state index contributed by atoms with van der Waals surface area (Å²) >= 11 is 0. The number of sulfonamides is 1. The molecule has 1 heterocycles. The molecule has 1 fully saturated rings. The van der Waals surface area contributed by atoms with Crippen molar-refractivity contribution in [3.8, 4) is 11.5 Å². The molecule has 0 aliphatic carbocycles. The van der Waals surface area contributed by atoms with Crippen LogP contribution in [-0.4, -0.2) is 58.7 Å². The Morgan fingerprint density at radius 3 is 2.62 bits per heavy atom. The van der Waals surface area contributed by atoms with Gasteiger partial charge >= 0.3 is 0 Å². The normalized spacial score (nSPS) is 15.0. The first-order valence-corrected chi connectivity index (χ1v) is 10.6. The van der Waals surface area contributed by atoms with Crippen LogP contribution < -0.4 is 14.8 Å². The fourth-order valence-corrected chi connectivity index (χ4v) is 4.36. The van der Waals surface area contributed by atoms with E-state index in [2.05, 4.69) is 5.32 Å². The molecule has 8 nitrogen and oxygen atoms in total. The van der Waals surface area contributed by atoms with Crippen molar-refractivity contribution in [2.24, 2.45) is 0 Å². The van der Waals surface area contributed by atoms with Gasteiger partial charge in [-0.25, -0.2) is 8.42 Å². The maximum atomic E-state index is 12.9. The molecule has 0 radical (unpaired) electrons. The van der Waals surface area contributed by atoms with Crippen LogP contribution in [-0.2, 0) is 19.6 Å². The molecule has 0 aromatic heterocycles. The molecule has 0 atom stereocenters. The van der Waals surface area contributed by atoms with E-state index < -0.39 is 15.9 Å². The molecular formula is C20H24N2O6S. The average molecular weight is 420 g/mol. The third-order valence-electron chi connectivity index (χ3n) is 4.41. The smallest absolute Gasteiger partial charge is 0.262 e. The Kier molecular flexibility index (Phi) is 6.73. The highest BCUT2D eigenvalue weighted by Gasteiger charge is 2.27. The summed E-state index contributed by atoms with van der Waals surface area (Å²) in [4.78, 5) is 12.4. The third kappa shape index (κ3) is 5.26. The zero-order chi connectivity index (χ0) is 20.9. The molecule has 1 aliphatic heterocycles. The van der Waals surface area contributed by atoms with Crippen LogP contribution in [0.4, 0.5) is 5.69 Å². The van der Waals surface area contributed by atoms with E-state index in [-0.39, 0.29) is 17.2 Å². The van der Waals surface area contributed by atoms with Gasteiger partial charge < -0.3 is 19.5 Å². The lowest BCUT2D eigenvalue weighted by atomic mass is 10.2. The first kappa shape index (κ1) is 21.1. The number of anilines is 1. The lowest BCUT2D eigenvalue weighted by Crippen LogP contribution is -2.40. The highest BCUT2D eigenvalue weighted by Crippen LogP contribution is 2.29. The Labute approximate surface area is 170 Å². The van der Waals surface area contributed by atoms with Crippen LogP contribution in [0.5, 0.6) is 11.5 Å². The van der Waals surface area contributed by atoms with Gasteiger partial charge in [-0.2, -0.15) is 4.31 Å². The number of amides is 1. The number of carbonyl (C=O) groups is 1. The van der Waals surface area contributed by atoms with E-state index >= 15 is 0 Å². The molecule has 2 aromatic carbocycles. The number of hydrogen-bond donors (Lipinski definition) is 1. The van der Waals surface area contributed by atoms with Gasteiger partial charge in [0.25, 0.3) is 5.91 Å². The van der Waals surface area contributed by atoms with Crippen molar-refractivity contribution in [1.82, 2.24) is 4.31 Å². The summed E-state index contributed by atoms with van der Waals surface area (Å²) in [5.41, 5.74) is 1.28. The van der Waals surface area contributed by atoms with E-state index in [1.165, 1.54) is 29.6 Å². The second kappa shape index (κ2) is 9.25. The second-order valence-electron chi connectivity index (χ2n) is 6.53. The van der Waals surface area contributed by atoms with Gasteiger partial charge in [0, 0.05) is 13.1 Å². The first-order valence-electron chi connectivity index (χ1n) is 9.15. The number of morpholine rings is 1. The number of rotatable bonds is 7. The zero-order valence-electron chi connectivity index (χ0n) is 16.4. The van der Waals surface area contributed by atoms with Gasteiger partial charge in [0.15, 0.2) is 6.61 Å². The van der Waals surface area contributed by atoms with Gasteiger partial charge in [-0.1, -0.05) is 12.1 Å². The van der Waals surface area contributed by atoms with Crippen LogP contribution in [0.2, 0.25) is 0 Å². The fraction of sp³-hybridized carbons (Fsp3) is 0.350. The number of hydrogen-bond acceptors (Lipinski definition) is 6. The van der Waals surface area contributed by atoms with Gasteiger partial charge in [0.2, 0.25) is 10.0 Å². The van der Waals surface area contributed by atoms with Crippen molar-refractivity contribution in [2.75, 3.05) is 45.3 Å². The van der Waals surface area contributed by atoms with E-state index in [0.717, 1.165) is 5.56 Å². The summed E-state index contributed by atoms with van der Waals surface area (Å²) in [6.45, 7) is 3.01. The summed E-state index contributed by atoms with van der Waals surface area (Å²) in [6, 6.07) is 11.7. The lowest BCUT2D eigenvalue weighted by Gasteiger charge is -2.26. The largest absolute Gasteiger partial charge is 0.495 e. The van der Waals surface area contributed by atoms with Crippen LogP contribution in [0, 0.1) is 6.92 Å². The number of aryl methyl sites for hydroxylation is 1. The Hall–Kier alpha value is -2.62. The summed E-state index contributed by atoms with van der Waals surface area (Å²) < 4.78 is 43.1. The molecule has 0 unspecified atom stereocenters. The molecule has 2 aromatic rings. The molecule has 29 heavy (non-hydrogen) atoms. The fourth-order valence-electron chi connectivity index (χ4n) is 2.92. The van der Waals surface area contributed by atoms with Crippen LogP contribution >= 0.6 is 0 Å². The molecule has 156 valence electrons. The maximum Gasteiger partial charge on any atom is 0.262 e. The van der Waals surface area contributed by atoms with Crippen molar-refractivity contribution in [2.45, 2.75) is 11.8 Å². The Morgan fingerprint density at radius 1 is 1.17 bits per heavy atom. The third-order valence-corrected chi connectivity index (χ3v) is 6.31. The van der Waals surface area contributed by atoms with E-state index in [1.54, 1.807) is 6.07 Å². The summed E-state index contributed by atoms with van der Waals surface area (Å²) in [5.74, 6) is 0.510. The van der Waals surface area contributed by atoms with Crippen molar-refractivity contribution >= 4 is 21.6 Å². The molecule has 1 amide bonds. The average Bonchev–Trinajstić information content (AvgIpc) is 2.73. The minimum atomic E-state index is -3.69. The number of nitrogens with one attached hydrogen (secondary N) is 1. The maximum absolute atomic E-state index is 12.9. The van der Waals surface area contributed by atoms with Gasteiger partial charge in [0.1, 0.15) is 11.5 Å². The monoisotopic (exact) mass is 420 g/mol. The molecule has 1 aliphatic rings. The SMILES string of the molecule is COc1ccc(S(=O)(=O)N2CCOCC2)cc1NC(=O)COc1cccc(C)c1.